The summed E-state index contributed by atoms with van der Waals surface area (Å²) in [6.45, 7) is 8.30. The van der Waals surface area contributed by atoms with Crippen LogP contribution in [-0.4, -0.2) is 18.8 Å². The maximum Gasteiger partial charge on any atom is 0.0802 e. The van der Waals surface area contributed by atoms with Crippen LogP contribution in [0.2, 0.25) is 0 Å². The lowest BCUT2D eigenvalue weighted by Crippen LogP contribution is -2.52. The maximum atomic E-state index is 6.03. The minimum Gasteiger partial charge on any atom is -0.372 e. The largest absolute Gasteiger partial charge is 0.372 e. The van der Waals surface area contributed by atoms with Crippen molar-refractivity contribution in [1.82, 2.24) is 5.32 Å². The lowest BCUT2D eigenvalue weighted by atomic mass is 9.90. The zero-order chi connectivity index (χ0) is 11.6. The Balaban J connectivity index is 2.01. The van der Waals surface area contributed by atoms with Crippen LogP contribution in [0.3, 0.4) is 0 Å². The van der Waals surface area contributed by atoms with E-state index in [1.54, 1.807) is 0 Å². The molecule has 16 heavy (non-hydrogen) atoms. The van der Waals surface area contributed by atoms with Crippen molar-refractivity contribution in [3.05, 3.63) is 35.9 Å². The van der Waals surface area contributed by atoms with Crippen LogP contribution in [0.4, 0.5) is 0 Å². The molecule has 2 unspecified atom stereocenters. The Morgan fingerprint density at radius 1 is 1.31 bits per heavy atom. The molecule has 1 N–H and O–H groups in total. The van der Waals surface area contributed by atoms with Crippen molar-refractivity contribution < 1.29 is 4.74 Å². The van der Waals surface area contributed by atoms with Crippen LogP contribution in [0.5, 0.6) is 0 Å². The van der Waals surface area contributed by atoms with Crippen molar-refractivity contribution in [2.45, 2.75) is 32.4 Å². The Labute approximate surface area is 98.0 Å². The number of morpholine rings is 1. The standard InChI is InChI=1S/C14H21NO/c1-11(2)14(3)10-15-13(9-16-14)12-7-5-4-6-8-12/h4-8,11,13,15H,9-10H2,1-3H3. The fraction of sp³-hybridized carbons (Fsp3) is 0.571. The van der Waals surface area contributed by atoms with Crippen molar-refractivity contribution in [1.29, 1.82) is 0 Å². The molecule has 2 heteroatoms. The average molecular weight is 219 g/mol. The van der Waals surface area contributed by atoms with E-state index in [1.807, 2.05) is 6.07 Å². The Kier molecular flexibility index (Phi) is 3.31. The molecule has 1 saturated heterocycles. The molecule has 0 radical (unpaired) electrons. The van der Waals surface area contributed by atoms with E-state index in [-0.39, 0.29) is 5.60 Å². The highest BCUT2D eigenvalue weighted by Crippen LogP contribution is 2.28. The van der Waals surface area contributed by atoms with E-state index in [2.05, 4.69) is 50.4 Å². The summed E-state index contributed by atoms with van der Waals surface area (Å²) < 4.78 is 6.03. The Hall–Kier alpha value is -0.860. The van der Waals surface area contributed by atoms with Gasteiger partial charge < -0.3 is 10.1 Å². The third kappa shape index (κ3) is 2.28. The zero-order valence-corrected chi connectivity index (χ0v) is 10.4. The number of rotatable bonds is 2. The van der Waals surface area contributed by atoms with E-state index in [0.29, 0.717) is 12.0 Å². The normalized spacial score (nSPS) is 30.6. The van der Waals surface area contributed by atoms with Crippen molar-refractivity contribution >= 4 is 0 Å². The zero-order valence-electron chi connectivity index (χ0n) is 10.4. The molecule has 2 rings (SSSR count). The van der Waals surface area contributed by atoms with Gasteiger partial charge in [-0.1, -0.05) is 44.2 Å². The van der Waals surface area contributed by atoms with Gasteiger partial charge >= 0.3 is 0 Å². The highest BCUT2D eigenvalue weighted by molar-refractivity contribution is 5.19. The lowest BCUT2D eigenvalue weighted by molar-refractivity contribution is -0.0991. The first-order valence-corrected chi connectivity index (χ1v) is 6.04. The first-order chi connectivity index (χ1) is 7.62. The monoisotopic (exact) mass is 219 g/mol. The quantitative estimate of drug-likeness (QED) is 0.826. The first kappa shape index (κ1) is 11.6. The van der Waals surface area contributed by atoms with Crippen LogP contribution >= 0.6 is 0 Å². The minimum atomic E-state index is -0.0225. The summed E-state index contributed by atoms with van der Waals surface area (Å²) in [7, 11) is 0. The molecule has 0 amide bonds. The summed E-state index contributed by atoms with van der Waals surface area (Å²) in [5.74, 6) is 0.539. The Morgan fingerprint density at radius 2 is 2.00 bits per heavy atom. The molecule has 1 aromatic rings. The molecule has 0 spiro atoms. The van der Waals surface area contributed by atoms with E-state index < -0.39 is 0 Å². The van der Waals surface area contributed by atoms with Crippen molar-refractivity contribution in [2.24, 2.45) is 5.92 Å². The summed E-state index contributed by atoms with van der Waals surface area (Å²) in [6, 6.07) is 10.8. The van der Waals surface area contributed by atoms with E-state index in [4.69, 9.17) is 4.74 Å². The van der Waals surface area contributed by atoms with Crippen molar-refractivity contribution in [3.63, 3.8) is 0 Å². The van der Waals surface area contributed by atoms with Gasteiger partial charge in [0.2, 0.25) is 0 Å². The predicted octanol–water partition coefficient (Wildman–Crippen LogP) is 2.76. The van der Waals surface area contributed by atoms with Crippen molar-refractivity contribution in [2.75, 3.05) is 13.2 Å². The summed E-state index contributed by atoms with van der Waals surface area (Å²) in [5.41, 5.74) is 1.29. The van der Waals surface area contributed by atoms with Gasteiger partial charge in [-0.2, -0.15) is 0 Å². The van der Waals surface area contributed by atoms with E-state index in [1.165, 1.54) is 5.56 Å². The summed E-state index contributed by atoms with van der Waals surface area (Å²) in [4.78, 5) is 0. The van der Waals surface area contributed by atoms with Gasteiger partial charge in [0.25, 0.3) is 0 Å². The van der Waals surface area contributed by atoms with Gasteiger partial charge in [0.05, 0.1) is 18.2 Å². The predicted molar refractivity (Wildman–Crippen MR) is 66.4 cm³/mol. The molecule has 0 aliphatic carbocycles. The molecule has 2 nitrogen and oxygen atoms in total. The molecule has 1 aromatic carbocycles. The van der Waals surface area contributed by atoms with Gasteiger partial charge in [0.1, 0.15) is 0 Å². The Bertz CT molecular complexity index is 326. The number of benzene rings is 1. The summed E-state index contributed by atoms with van der Waals surface area (Å²) >= 11 is 0. The molecular weight excluding hydrogens is 198 g/mol. The second kappa shape index (κ2) is 4.56. The lowest BCUT2D eigenvalue weighted by Gasteiger charge is -2.41. The van der Waals surface area contributed by atoms with Gasteiger partial charge in [0.15, 0.2) is 0 Å². The first-order valence-electron chi connectivity index (χ1n) is 6.04. The highest BCUT2D eigenvalue weighted by atomic mass is 16.5. The van der Waals surface area contributed by atoms with Gasteiger partial charge in [-0.15, -0.1) is 0 Å². The highest BCUT2D eigenvalue weighted by Gasteiger charge is 2.34. The SMILES string of the molecule is CC(C)C1(C)CNC(c2ccccc2)CO1. The molecule has 88 valence electrons. The Morgan fingerprint density at radius 3 is 2.50 bits per heavy atom. The number of hydrogen-bond acceptors (Lipinski definition) is 2. The minimum absolute atomic E-state index is 0.0225. The van der Waals surface area contributed by atoms with Crippen LogP contribution in [0.25, 0.3) is 0 Å². The fourth-order valence-corrected chi connectivity index (χ4v) is 1.98. The van der Waals surface area contributed by atoms with Crippen LogP contribution in [-0.2, 0) is 4.74 Å². The van der Waals surface area contributed by atoms with Gasteiger partial charge in [-0.05, 0) is 18.4 Å². The molecule has 1 aliphatic rings. The topological polar surface area (TPSA) is 21.3 Å². The summed E-state index contributed by atoms with van der Waals surface area (Å²) in [5, 5.41) is 3.58. The molecular formula is C14H21NO. The second-order valence-corrected chi connectivity index (χ2v) is 5.12. The van der Waals surface area contributed by atoms with Crippen LogP contribution in [0.1, 0.15) is 32.4 Å². The fourth-order valence-electron chi connectivity index (χ4n) is 1.98. The van der Waals surface area contributed by atoms with Crippen LogP contribution in [0.15, 0.2) is 30.3 Å². The second-order valence-electron chi connectivity index (χ2n) is 5.12. The van der Waals surface area contributed by atoms with Crippen molar-refractivity contribution in [3.8, 4) is 0 Å². The third-order valence-corrected chi connectivity index (χ3v) is 3.70. The van der Waals surface area contributed by atoms with E-state index >= 15 is 0 Å². The molecule has 2 atom stereocenters. The smallest absolute Gasteiger partial charge is 0.0802 e. The molecule has 1 heterocycles. The van der Waals surface area contributed by atoms with Gasteiger partial charge in [-0.25, -0.2) is 0 Å². The van der Waals surface area contributed by atoms with Gasteiger partial charge in [0, 0.05) is 6.54 Å². The van der Waals surface area contributed by atoms with E-state index in [9.17, 15) is 0 Å². The third-order valence-electron chi connectivity index (χ3n) is 3.70. The maximum absolute atomic E-state index is 6.03. The molecule has 0 bridgehead atoms. The number of nitrogens with one attached hydrogen (secondary N) is 1. The van der Waals surface area contributed by atoms with Gasteiger partial charge in [-0.3, -0.25) is 0 Å². The van der Waals surface area contributed by atoms with Crippen LogP contribution < -0.4 is 5.32 Å². The number of ether oxygens (including phenoxy) is 1. The molecule has 1 fully saturated rings. The molecule has 1 aliphatic heterocycles. The number of hydrogen-bond donors (Lipinski definition) is 1. The molecule has 0 saturated carbocycles. The molecule has 0 aromatic heterocycles. The van der Waals surface area contributed by atoms with E-state index in [0.717, 1.165) is 13.2 Å². The van der Waals surface area contributed by atoms with Crippen LogP contribution in [0, 0.1) is 5.92 Å². The average Bonchev–Trinajstić information content (AvgIpc) is 2.31. The summed E-state index contributed by atoms with van der Waals surface area (Å²) in [6.07, 6.45) is 0.